The number of halogens is 1. The number of carbonyl (C=O) groups is 2. The van der Waals surface area contributed by atoms with Crippen LogP contribution in [0.1, 0.15) is 30.7 Å². The molecule has 2 fully saturated rings. The minimum absolute atomic E-state index is 0.00570. The lowest BCUT2D eigenvalue weighted by atomic mass is 10.0. The molecule has 0 spiro atoms. The second-order valence-corrected chi connectivity index (χ2v) is 6.76. The first-order chi connectivity index (χ1) is 11.6. The number of ether oxygens (including phenoxy) is 2. The van der Waals surface area contributed by atoms with E-state index < -0.39 is 0 Å². The van der Waals surface area contributed by atoms with Crippen LogP contribution in [0.3, 0.4) is 0 Å². The highest BCUT2D eigenvalue weighted by atomic mass is 35.5. The Balaban J connectivity index is 1.72. The van der Waals surface area contributed by atoms with E-state index >= 15 is 0 Å². The molecule has 1 aliphatic carbocycles. The maximum absolute atomic E-state index is 13.0. The summed E-state index contributed by atoms with van der Waals surface area (Å²) in [5.74, 6) is -0.314. The molecular formula is C18H22ClNO4. The molecule has 2 unspecified atom stereocenters. The van der Waals surface area contributed by atoms with Gasteiger partial charge in [-0.1, -0.05) is 29.8 Å². The molecular weight excluding hydrogens is 330 g/mol. The van der Waals surface area contributed by atoms with Gasteiger partial charge in [0.15, 0.2) is 0 Å². The van der Waals surface area contributed by atoms with Crippen LogP contribution in [-0.2, 0) is 19.1 Å². The maximum Gasteiger partial charge on any atom is 0.325 e. The number of carbonyl (C=O) groups excluding carboxylic acids is 2. The average molecular weight is 352 g/mol. The second kappa shape index (κ2) is 7.53. The van der Waals surface area contributed by atoms with Crippen LogP contribution in [0.4, 0.5) is 0 Å². The summed E-state index contributed by atoms with van der Waals surface area (Å²) in [7, 11) is 1.35. The Labute approximate surface area is 146 Å². The predicted molar refractivity (Wildman–Crippen MR) is 89.9 cm³/mol. The van der Waals surface area contributed by atoms with E-state index in [0.717, 1.165) is 24.8 Å². The van der Waals surface area contributed by atoms with Crippen LogP contribution in [-0.4, -0.2) is 49.7 Å². The van der Waals surface area contributed by atoms with Crippen LogP contribution in [0.15, 0.2) is 24.3 Å². The number of amides is 1. The van der Waals surface area contributed by atoms with Crippen molar-refractivity contribution in [2.24, 2.45) is 5.92 Å². The molecule has 0 aromatic heterocycles. The summed E-state index contributed by atoms with van der Waals surface area (Å²) in [6.45, 7) is 1.24. The fraction of sp³-hybridized carbons (Fsp3) is 0.556. The third-order valence-electron chi connectivity index (χ3n) is 4.85. The highest BCUT2D eigenvalue weighted by Crippen LogP contribution is 2.50. The Bertz CT molecular complexity index is 615. The third kappa shape index (κ3) is 3.73. The molecule has 0 N–H and O–H groups in total. The Morgan fingerprint density at radius 3 is 2.67 bits per heavy atom. The third-order valence-corrected chi connectivity index (χ3v) is 5.20. The van der Waals surface area contributed by atoms with E-state index in [1.54, 1.807) is 4.90 Å². The van der Waals surface area contributed by atoms with Gasteiger partial charge in [0.1, 0.15) is 6.54 Å². The summed E-state index contributed by atoms with van der Waals surface area (Å²) in [4.78, 5) is 26.4. The molecule has 6 heteroatoms. The molecule has 0 bridgehead atoms. The fourth-order valence-electron chi connectivity index (χ4n) is 3.39. The molecule has 24 heavy (non-hydrogen) atoms. The van der Waals surface area contributed by atoms with Gasteiger partial charge in [-0.15, -0.1) is 0 Å². The summed E-state index contributed by atoms with van der Waals surface area (Å²) in [6, 6.07) is 7.68. The molecule has 1 heterocycles. The largest absolute Gasteiger partial charge is 0.468 e. The first kappa shape index (κ1) is 17.2. The zero-order valence-electron chi connectivity index (χ0n) is 13.7. The van der Waals surface area contributed by atoms with Crippen LogP contribution in [0.5, 0.6) is 0 Å². The fourth-order valence-corrected chi connectivity index (χ4v) is 3.66. The van der Waals surface area contributed by atoms with Crippen molar-refractivity contribution in [1.29, 1.82) is 0 Å². The van der Waals surface area contributed by atoms with Crippen molar-refractivity contribution in [2.45, 2.75) is 31.2 Å². The molecule has 3 rings (SSSR count). The molecule has 1 saturated heterocycles. The van der Waals surface area contributed by atoms with Crippen LogP contribution < -0.4 is 0 Å². The van der Waals surface area contributed by atoms with Gasteiger partial charge in [0.05, 0.1) is 7.11 Å². The molecule has 2 atom stereocenters. The van der Waals surface area contributed by atoms with E-state index in [4.69, 9.17) is 21.1 Å². The van der Waals surface area contributed by atoms with Crippen molar-refractivity contribution in [3.05, 3.63) is 34.9 Å². The predicted octanol–water partition coefficient (Wildman–Crippen LogP) is 2.62. The van der Waals surface area contributed by atoms with E-state index in [2.05, 4.69) is 0 Å². The normalized spacial score (nSPS) is 23.6. The van der Waals surface area contributed by atoms with E-state index in [0.29, 0.717) is 18.2 Å². The van der Waals surface area contributed by atoms with Gasteiger partial charge in [0.25, 0.3) is 0 Å². The van der Waals surface area contributed by atoms with Crippen molar-refractivity contribution in [3.8, 4) is 0 Å². The Kier molecular flexibility index (Phi) is 5.41. The lowest BCUT2D eigenvalue weighted by molar-refractivity contribution is -0.150. The van der Waals surface area contributed by atoms with E-state index in [1.165, 1.54) is 7.11 Å². The summed E-state index contributed by atoms with van der Waals surface area (Å²) < 4.78 is 10.1. The minimum atomic E-state index is -0.384. The Hall–Kier alpha value is -1.59. The molecule has 1 aliphatic heterocycles. The van der Waals surface area contributed by atoms with Gasteiger partial charge in [-0.05, 0) is 36.8 Å². The van der Waals surface area contributed by atoms with Gasteiger partial charge in [-0.2, -0.15) is 0 Å². The van der Waals surface area contributed by atoms with Gasteiger partial charge in [0, 0.05) is 30.2 Å². The maximum atomic E-state index is 13.0. The van der Waals surface area contributed by atoms with Crippen molar-refractivity contribution in [3.63, 3.8) is 0 Å². The summed E-state index contributed by atoms with van der Waals surface area (Å²) >= 11 is 6.25. The van der Waals surface area contributed by atoms with Crippen molar-refractivity contribution >= 4 is 23.5 Å². The van der Waals surface area contributed by atoms with Crippen LogP contribution >= 0.6 is 11.6 Å². The molecule has 1 amide bonds. The lowest BCUT2D eigenvalue weighted by Crippen LogP contribution is -2.47. The molecule has 5 nitrogen and oxygen atoms in total. The second-order valence-electron chi connectivity index (χ2n) is 6.36. The lowest BCUT2D eigenvalue weighted by Gasteiger charge is -2.33. The molecule has 1 saturated carbocycles. The minimum Gasteiger partial charge on any atom is -0.468 e. The first-order valence-electron chi connectivity index (χ1n) is 8.31. The number of hydrogen-bond donors (Lipinski definition) is 0. The summed E-state index contributed by atoms with van der Waals surface area (Å²) in [6.07, 6.45) is 2.29. The zero-order chi connectivity index (χ0) is 17.1. The molecule has 1 aromatic carbocycles. The Morgan fingerprint density at radius 2 is 2.00 bits per heavy atom. The Morgan fingerprint density at radius 1 is 1.29 bits per heavy atom. The first-order valence-corrected chi connectivity index (χ1v) is 8.69. The number of esters is 1. The SMILES string of the molecule is COC(=O)CN(C(=O)C1CC1c1ccccc1Cl)C1CCOCC1. The highest BCUT2D eigenvalue weighted by molar-refractivity contribution is 6.31. The van der Waals surface area contributed by atoms with E-state index in [9.17, 15) is 9.59 Å². The van der Waals surface area contributed by atoms with Gasteiger partial charge >= 0.3 is 5.97 Å². The monoisotopic (exact) mass is 351 g/mol. The average Bonchev–Trinajstić information content (AvgIpc) is 3.40. The number of hydrogen-bond acceptors (Lipinski definition) is 4. The zero-order valence-corrected chi connectivity index (χ0v) is 14.5. The molecule has 0 radical (unpaired) electrons. The summed E-state index contributed by atoms with van der Waals surface area (Å²) in [5, 5.41) is 0.698. The van der Waals surface area contributed by atoms with Gasteiger partial charge < -0.3 is 14.4 Å². The van der Waals surface area contributed by atoms with Crippen LogP contribution in [0.2, 0.25) is 5.02 Å². The van der Waals surface area contributed by atoms with Crippen molar-refractivity contribution in [1.82, 2.24) is 4.90 Å². The highest BCUT2D eigenvalue weighted by Gasteiger charge is 2.48. The van der Waals surface area contributed by atoms with Gasteiger partial charge in [0.2, 0.25) is 5.91 Å². The van der Waals surface area contributed by atoms with Crippen LogP contribution in [0, 0.1) is 5.92 Å². The van der Waals surface area contributed by atoms with E-state index in [-0.39, 0.29) is 36.3 Å². The number of rotatable bonds is 5. The molecule has 130 valence electrons. The van der Waals surface area contributed by atoms with Gasteiger partial charge in [-0.3, -0.25) is 9.59 Å². The van der Waals surface area contributed by atoms with Gasteiger partial charge in [-0.25, -0.2) is 0 Å². The molecule has 1 aromatic rings. The summed E-state index contributed by atoms with van der Waals surface area (Å²) in [5.41, 5.74) is 1.02. The topological polar surface area (TPSA) is 55.8 Å². The number of nitrogens with zero attached hydrogens (tertiary/aromatic N) is 1. The standard InChI is InChI=1S/C18H22ClNO4/c1-23-17(21)11-20(12-6-8-24-9-7-12)18(22)15-10-14(15)13-4-2-3-5-16(13)19/h2-5,12,14-15H,6-11H2,1H3. The number of benzene rings is 1. The number of methoxy groups -OCH3 is 1. The quantitative estimate of drug-likeness (QED) is 0.765. The smallest absolute Gasteiger partial charge is 0.325 e. The van der Waals surface area contributed by atoms with Crippen LogP contribution in [0.25, 0.3) is 0 Å². The van der Waals surface area contributed by atoms with Crippen molar-refractivity contribution < 1.29 is 19.1 Å². The van der Waals surface area contributed by atoms with Crippen molar-refractivity contribution in [2.75, 3.05) is 26.9 Å². The molecule has 2 aliphatic rings. The van der Waals surface area contributed by atoms with E-state index in [1.807, 2.05) is 24.3 Å².